The summed E-state index contributed by atoms with van der Waals surface area (Å²) in [5.74, 6) is -1.68. The number of ether oxygens (including phenoxy) is 1. The molecule has 1 N–H and O–H groups in total. The van der Waals surface area contributed by atoms with Crippen LogP contribution in [0.4, 0.5) is 10.1 Å². The molecule has 1 aliphatic rings. The summed E-state index contributed by atoms with van der Waals surface area (Å²) in [6.45, 7) is 0.0628. The largest absolute Gasteiger partial charge is 0.465 e. The molecule has 1 aromatic carbocycles. The van der Waals surface area contributed by atoms with Gasteiger partial charge in [-0.3, -0.25) is 4.79 Å². The Morgan fingerprint density at radius 3 is 2.78 bits per heavy atom. The van der Waals surface area contributed by atoms with Gasteiger partial charge in [0.2, 0.25) is 5.91 Å². The number of benzene rings is 1. The lowest BCUT2D eigenvalue weighted by Gasteiger charge is -2.16. The van der Waals surface area contributed by atoms with Crippen molar-refractivity contribution >= 4 is 17.6 Å². The number of β-amino-alcohol motifs (C(OH)–C–C–N with tert-alkyl or cyclic N) is 1. The van der Waals surface area contributed by atoms with Gasteiger partial charge in [-0.05, 0) is 18.2 Å². The van der Waals surface area contributed by atoms with E-state index in [1.807, 2.05) is 0 Å². The number of hydrogen-bond donors (Lipinski definition) is 1. The zero-order valence-electron chi connectivity index (χ0n) is 9.72. The lowest BCUT2D eigenvalue weighted by atomic mass is 10.2. The third-order valence-electron chi connectivity index (χ3n) is 2.76. The SMILES string of the molecule is COC(=O)c1ccc(N2CC(O)CC2=O)c(F)c1. The minimum atomic E-state index is -0.780. The molecule has 1 unspecified atom stereocenters. The summed E-state index contributed by atoms with van der Waals surface area (Å²) in [6.07, 6.45) is -0.796. The molecule has 1 heterocycles. The summed E-state index contributed by atoms with van der Waals surface area (Å²) in [4.78, 5) is 23.9. The van der Waals surface area contributed by atoms with Crippen molar-refractivity contribution in [2.45, 2.75) is 12.5 Å². The summed E-state index contributed by atoms with van der Waals surface area (Å²) in [7, 11) is 1.20. The maximum Gasteiger partial charge on any atom is 0.337 e. The second kappa shape index (κ2) is 4.73. The van der Waals surface area contributed by atoms with E-state index in [1.165, 1.54) is 24.1 Å². The molecule has 0 aromatic heterocycles. The number of carbonyl (C=O) groups excluding carboxylic acids is 2. The lowest BCUT2D eigenvalue weighted by Crippen LogP contribution is -2.26. The summed E-state index contributed by atoms with van der Waals surface area (Å²) in [6, 6.07) is 3.72. The Bertz CT molecular complexity index is 503. The highest BCUT2D eigenvalue weighted by atomic mass is 19.1. The van der Waals surface area contributed by atoms with Crippen molar-refractivity contribution in [3.63, 3.8) is 0 Å². The second-order valence-corrected chi connectivity index (χ2v) is 4.02. The molecule has 96 valence electrons. The number of nitrogens with zero attached hydrogens (tertiary/aromatic N) is 1. The molecule has 0 aliphatic carbocycles. The number of esters is 1. The standard InChI is InChI=1S/C12H12FNO4/c1-18-12(17)7-2-3-10(9(13)4-7)14-6-8(15)5-11(14)16/h2-4,8,15H,5-6H2,1H3. The Hall–Kier alpha value is -1.95. The lowest BCUT2D eigenvalue weighted by molar-refractivity contribution is -0.117. The number of rotatable bonds is 2. The molecule has 6 heteroatoms. The van der Waals surface area contributed by atoms with E-state index in [-0.39, 0.29) is 30.1 Å². The summed E-state index contributed by atoms with van der Waals surface area (Å²) < 4.78 is 18.3. The molecule has 0 radical (unpaired) electrons. The van der Waals surface area contributed by atoms with Crippen molar-refractivity contribution < 1.29 is 23.8 Å². The third kappa shape index (κ3) is 2.19. The van der Waals surface area contributed by atoms with Gasteiger partial charge < -0.3 is 14.7 Å². The first-order valence-corrected chi connectivity index (χ1v) is 5.39. The van der Waals surface area contributed by atoms with Crippen LogP contribution in [-0.4, -0.2) is 36.7 Å². The quantitative estimate of drug-likeness (QED) is 0.788. The first-order chi connectivity index (χ1) is 8.52. The van der Waals surface area contributed by atoms with Gasteiger partial charge in [0.1, 0.15) is 5.82 Å². The van der Waals surface area contributed by atoms with Crippen LogP contribution in [0, 0.1) is 5.82 Å². The molecular formula is C12H12FNO4. The van der Waals surface area contributed by atoms with Gasteiger partial charge in [-0.2, -0.15) is 0 Å². The predicted molar refractivity (Wildman–Crippen MR) is 60.7 cm³/mol. The van der Waals surface area contributed by atoms with Crippen LogP contribution in [0.25, 0.3) is 0 Å². The smallest absolute Gasteiger partial charge is 0.337 e. The van der Waals surface area contributed by atoms with Crippen molar-refractivity contribution in [3.8, 4) is 0 Å². The van der Waals surface area contributed by atoms with Crippen molar-refractivity contribution in [1.82, 2.24) is 0 Å². The molecule has 1 aliphatic heterocycles. The molecule has 18 heavy (non-hydrogen) atoms. The van der Waals surface area contributed by atoms with Crippen molar-refractivity contribution in [3.05, 3.63) is 29.6 Å². The van der Waals surface area contributed by atoms with Gasteiger partial charge in [0.05, 0.1) is 37.4 Å². The van der Waals surface area contributed by atoms with E-state index in [2.05, 4.69) is 4.74 Å². The predicted octanol–water partition coefficient (Wildman–Crippen LogP) is 0.710. The molecule has 1 aromatic rings. The molecule has 5 nitrogen and oxygen atoms in total. The topological polar surface area (TPSA) is 66.8 Å². The number of aliphatic hydroxyl groups excluding tert-OH is 1. The van der Waals surface area contributed by atoms with E-state index in [9.17, 15) is 19.1 Å². The van der Waals surface area contributed by atoms with Gasteiger partial charge >= 0.3 is 5.97 Å². The van der Waals surface area contributed by atoms with E-state index in [1.54, 1.807) is 0 Å². The van der Waals surface area contributed by atoms with Crippen molar-refractivity contribution in [1.29, 1.82) is 0 Å². The van der Waals surface area contributed by atoms with Crippen LogP contribution in [0.1, 0.15) is 16.8 Å². The highest BCUT2D eigenvalue weighted by Crippen LogP contribution is 2.25. The molecular weight excluding hydrogens is 241 g/mol. The monoisotopic (exact) mass is 253 g/mol. The van der Waals surface area contributed by atoms with Crippen LogP contribution in [0.2, 0.25) is 0 Å². The zero-order valence-corrected chi connectivity index (χ0v) is 9.72. The average molecular weight is 253 g/mol. The summed E-state index contributed by atoms with van der Waals surface area (Å²) in [5, 5.41) is 9.34. The van der Waals surface area contributed by atoms with Crippen LogP contribution in [-0.2, 0) is 9.53 Å². The van der Waals surface area contributed by atoms with E-state index >= 15 is 0 Å². The molecule has 0 saturated carbocycles. The van der Waals surface area contributed by atoms with E-state index in [4.69, 9.17) is 0 Å². The number of carbonyl (C=O) groups is 2. The second-order valence-electron chi connectivity index (χ2n) is 4.02. The van der Waals surface area contributed by atoms with Gasteiger partial charge in [-0.25, -0.2) is 9.18 Å². The number of anilines is 1. The molecule has 0 spiro atoms. The van der Waals surface area contributed by atoms with Gasteiger partial charge in [0, 0.05) is 0 Å². The summed E-state index contributed by atoms with van der Waals surface area (Å²) >= 11 is 0. The first-order valence-electron chi connectivity index (χ1n) is 5.39. The maximum absolute atomic E-state index is 13.8. The summed E-state index contributed by atoms with van der Waals surface area (Å²) in [5.41, 5.74) is 0.134. The highest BCUT2D eigenvalue weighted by molar-refractivity contribution is 5.97. The van der Waals surface area contributed by atoms with Crippen LogP contribution in [0.3, 0.4) is 0 Å². The molecule has 0 bridgehead atoms. The van der Waals surface area contributed by atoms with Crippen LogP contribution >= 0.6 is 0 Å². The minimum absolute atomic E-state index is 0.0157. The molecule has 1 amide bonds. The fourth-order valence-corrected chi connectivity index (χ4v) is 1.89. The van der Waals surface area contributed by atoms with Crippen LogP contribution < -0.4 is 4.90 Å². The highest BCUT2D eigenvalue weighted by Gasteiger charge is 2.30. The van der Waals surface area contributed by atoms with Gasteiger partial charge in [-0.1, -0.05) is 0 Å². The third-order valence-corrected chi connectivity index (χ3v) is 2.76. The Morgan fingerprint density at radius 1 is 1.56 bits per heavy atom. The number of methoxy groups -OCH3 is 1. The Balaban J connectivity index is 2.30. The number of hydrogen-bond acceptors (Lipinski definition) is 4. The van der Waals surface area contributed by atoms with E-state index in [0.29, 0.717) is 0 Å². The number of aliphatic hydroxyl groups is 1. The van der Waals surface area contributed by atoms with Gasteiger partial charge in [0.25, 0.3) is 0 Å². The van der Waals surface area contributed by atoms with Crippen molar-refractivity contribution in [2.24, 2.45) is 0 Å². The Kier molecular flexibility index (Phi) is 3.29. The molecule has 2 rings (SSSR count). The van der Waals surface area contributed by atoms with Crippen molar-refractivity contribution in [2.75, 3.05) is 18.6 Å². The minimum Gasteiger partial charge on any atom is -0.465 e. The maximum atomic E-state index is 13.8. The van der Waals surface area contributed by atoms with Crippen LogP contribution in [0.15, 0.2) is 18.2 Å². The van der Waals surface area contributed by atoms with Crippen LogP contribution in [0.5, 0.6) is 0 Å². The fraction of sp³-hybridized carbons (Fsp3) is 0.333. The fourth-order valence-electron chi connectivity index (χ4n) is 1.89. The molecule has 1 saturated heterocycles. The van der Waals surface area contributed by atoms with Gasteiger partial charge in [-0.15, -0.1) is 0 Å². The normalized spacial score (nSPS) is 19.2. The zero-order chi connectivity index (χ0) is 13.3. The van der Waals surface area contributed by atoms with Gasteiger partial charge in [0.15, 0.2) is 0 Å². The molecule has 1 atom stereocenters. The van der Waals surface area contributed by atoms with E-state index in [0.717, 1.165) is 6.07 Å². The van der Waals surface area contributed by atoms with E-state index < -0.39 is 17.9 Å². The first kappa shape index (κ1) is 12.5. The Labute approximate surface area is 103 Å². The molecule has 1 fully saturated rings. The average Bonchev–Trinajstić information content (AvgIpc) is 2.67. The number of amides is 1. The Morgan fingerprint density at radius 2 is 2.28 bits per heavy atom. The number of halogens is 1.